The van der Waals surface area contributed by atoms with E-state index in [1.165, 1.54) is 77.0 Å². The maximum Gasteiger partial charge on any atom is 0.472 e. The molecule has 0 bridgehead atoms. The second kappa shape index (κ2) is 32.8. The van der Waals surface area contributed by atoms with Crippen LogP contribution in [0.4, 0.5) is 0 Å². The topological polar surface area (TPSA) is 108 Å². The van der Waals surface area contributed by atoms with Crippen molar-refractivity contribution in [1.82, 2.24) is 0 Å². The van der Waals surface area contributed by atoms with Gasteiger partial charge in [-0.3, -0.25) is 18.6 Å². The third-order valence-electron chi connectivity index (χ3n) is 7.86. The zero-order chi connectivity index (χ0) is 37.2. The fourth-order valence-electron chi connectivity index (χ4n) is 4.76. The van der Waals surface area contributed by atoms with Crippen molar-refractivity contribution in [2.75, 3.05) is 47.5 Å². The Hall–Kier alpha value is -2.03. The maximum atomic E-state index is 12.6. The van der Waals surface area contributed by atoms with Crippen LogP contribution in [0.15, 0.2) is 48.6 Å². The summed E-state index contributed by atoms with van der Waals surface area (Å²) >= 11 is 0. The fourth-order valence-corrected chi connectivity index (χ4v) is 5.51. The minimum absolute atomic E-state index is 0.0136. The lowest BCUT2D eigenvalue weighted by Crippen LogP contribution is -2.37. The third-order valence-corrected chi connectivity index (χ3v) is 8.84. The summed E-state index contributed by atoms with van der Waals surface area (Å²) in [5.74, 6) is -0.961. The minimum atomic E-state index is -4.39. The van der Waals surface area contributed by atoms with Crippen LogP contribution in [-0.4, -0.2) is 74.9 Å². The number of phosphoric acid groups is 1. The van der Waals surface area contributed by atoms with Crippen molar-refractivity contribution in [3.63, 3.8) is 0 Å². The van der Waals surface area contributed by atoms with Crippen LogP contribution in [0.3, 0.4) is 0 Å². The van der Waals surface area contributed by atoms with Crippen LogP contribution >= 0.6 is 7.82 Å². The Balaban J connectivity index is 4.61. The highest BCUT2D eigenvalue weighted by atomic mass is 31.2. The highest BCUT2D eigenvalue weighted by molar-refractivity contribution is 7.47. The lowest BCUT2D eigenvalue weighted by atomic mass is 10.1. The monoisotopic (exact) mass is 727 g/mol. The summed E-state index contributed by atoms with van der Waals surface area (Å²) < 4.78 is 34.0. The molecule has 0 fully saturated rings. The SMILES string of the molecule is CCCCCCCC/C=C/C/C=C/CCC(=O)OCC(COP(=O)(O)OCC[N+](C)(C)C)OC(=O)CC/C=C/C/C=C/CCCCCCCC. The van der Waals surface area contributed by atoms with Crippen molar-refractivity contribution >= 4 is 19.8 Å². The molecule has 0 aromatic carbocycles. The molecule has 9 nitrogen and oxygen atoms in total. The van der Waals surface area contributed by atoms with Crippen LogP contribution in [0.5, 0.6) is 0 Å². The Morgan fingerprint density at radius 2 is 1.08 bits per heavy atom. The molecule has 10 heteroatoms. The lowest BCUT2D eigenvalue weighted by Gasteiger charge is -2.24. The first-order valence-corrected chi connectivity index (χ1v) is 20.9. The van der Waals surface area contributed by atoms with Crippen LogP contribution in [0.25, 0.3) is 0 Å². The Morgan fingerprint density at radius 3 is 1.58 bits per heavy atom. The van der Waals surface area contributed by atoms with Crippen LogP contribution < -0.4 is 0 Å². The predicted molar refractivity (Wildman–Crippen MR) is 206 cm³/mol. The number of allylic oxidation sites excluding steroid dienone is 8. The van der Waals surface area contributed by atoms with E-state index in [-0.39, 0.29) is 26.1 Å². The molecule has 0 saturated heterocycles. The average molecular weight is 727 g/mol. The molecular formula is C40H73NO8P+. The van der Waals surface area contributed by atoms with Gasteiger partial charge in [-0.15, -0.1) is 0 Å². The summed E-state index contributed by atoms with van der Waals surface area (Å²) in [7, 11) is 1.41. The first-order chi connectivity index (χ1) is 24.0. The van der Waals surface area contributed by atoms with E-state index < -0.39 is 32.5 Å². The predicted octanol–water partition coefficient (Wildman–Crippen LogP) is 10.3. The third kappa shape index (κ3) is 35.8. The van der Waals surface area contributed by atoms with Crippen LogP contribution in [0.1, 0.15) is 142 Å². The number of hydrogen-bond donors (Lipinski definition) is 1. The maximum absolute atomic E-state index is 12.6. The van der Waals surface area contributed by atoms with E-state index in [9.17, 15) is 19.0 Å². The minimum Gasteiger partial charge on any atom is -0.462 e. The highest BCUT2D eigenvalue weighted by Gasteiger charge is 2.27. The number of carbonyl (C=O) groups is 2. The molecule has 0 spiro atoms. The lowest BCUT2D eigenvalue weighted by molar-refractivity contribution is -0.870. The van der Waals surface area contributed by atoms with Crippen molar-refractivity contribution in [1.29, 1.82) is 0 Å². The molecule has 2 unspecified atom stereocenters. The standard InChI is InChI=1S/C40H72NO8P/c1-6-8-10-12-14-16-18-20-22-24-26-28-30-32-39(42)46-36-38(37-48-50(44,45)47-35-34-41(3,4)5)49-40(43)33-31-29-27-25-23-21-19-17-15-13-11-9-7-2/h20-23,26-29,38H,6-19,24-25,30-37H2,1-5H3/p+1/b22-20+,23-21+,28-26+,29-27+. The van der Waals surface area contributed by atoms with E-state index in [0.717, 1.165) is 25.7 Å². The number of carbonyl (C=O) groups excluding carboxylic acids is 2. The molecule has 0 radical (unpaired) electrons. The van der Waals surface area contributed by atoms with Gasteiger partial charge in [0.05, 0.1) is 27.7 Å². The Kier molecular flexibility index (Phi) is 31.5. The quantitative estimate of drug-likeness (QED) is 0.0230. The van der Waals surface area contributed by atoms with Gasteiger partial charge in [0.1, 0.15) is 19.8 Å². The smallest absolute Gasteiger partial charge is 0.462 e. The van der Waals surface area contributed by atoms with Crippen molar-refractivity contribution in [3.8, 4) is 0 Å². The second-order valence-electron chi connectivity index (χ2n) is 14.0. The van der Waals surface area contributed by atoms with Gasteiger partial charge in [0.15, 0.2) is 6.10 Å². The molecule has 0 saturated carbocycles. The summed E-state index contributed by atoms with van der Waals surface area (Å²) in [6.07, 6.45) is 36.2. The number of rotatable bonds is 34. The molecule has 0 heterocycles. The van der Waals surface area contributed by atoms with Gasteiger partial charge in [-0.2, -0.15) is 0 Å². The van der Waals surface area contributed by atoms with E-state index in [1.54, 1.807) is 0 Å². The second-order valence-corrected chi connectivity index (χ2v) is 15.4. The Morgan fingerprint density at radius 1 is 0.620 bits per heavy atom. The molecule has 0 amide bonds. The van der Waals surface area contributed by atoms with Crippen LogP contribution in [0.2, 0.25) is 0 Å². The number of hydrogen-bond acceptors (Lipinski definition) is 7. The average Bonchev–Trinajstić information content (AvgIpc) is 3.06. The zero-order valence-electron chi connectivity index (χ0n) is 32.4. The van der Waals surface area contributed by atoms with Crippen LogP contribution in [0, 0.1) is 0 Å². The molecule has 0 rings (SSSR count). The van der Waals surface area contributed by atoms with Gasteiger partial charge in [-0.05, 0) is 51.4 Å². The van der Waals surface area contributed by atoms with Gasteiger partial charge in [-0.25, -0.2) is 4.57 Å². The molecule has 0 aromatic rings. The molecule has 2 atom stereocenters. The summed E-state index contributed by atoms with van der Waals surface area (Å²) in [6, 6.07) is 0. The summed E-state index contributed by atoms with van der Waals surface area (Å²) in [6.45, 7) is 4.24. The first-order valence-electron chi connectivity index (χ1n) is 19.4. The number of esters is 2. The van der Waals surface area contributed by atoms with E-state index in [1.807, 2.05) is 45.4 Å². The molecular weight excluding hydrogens is 653 g/mol. The number of likely N-dealkylation sites (N-methyl/N-ethyl adjacent to an activating group) is 1. The molecule has 0 aliphatic heterocycles. The normalized spacial score (nSPS) is 14.3. The molecule has 1 N–H and O–H groups in total. The van der Waals surface area contributed by atoms with E-state index in [0.29, 0.717) is 23.9 Å². The van der Waals surface area contributed by atoms with Crippen LogP contribution in [-0.2, 0) is 32.7 Å². The Bertz CT molecular complexity index is 1000. The van der Waals surface area contributed by atoms with Gasteiger partial charge in [0, 0.05) is 12.8 Å². The number of phosphoric ester groups is 1. The summed E-state index contributed by atoms with van der Waals surface area (Å²) in [5.41, 5.74) is 0. The molecule has 0 aliphatic carbocycles. The van der Waals surface area contributed by atoms with Gasteiger partial charge in [0.2, 0.25) is 0 Å². The zero-order valence-corrected chi connectivity index (χ0v) is 33.3. The van der Waals surface area contributed by atoms with Crippen molar-refractivity contribution in [2.45, 2.75) is 148 Å². The largest absolute Gasteiger partial charge is 0.472 e. The number of nitrogens with zero attached hydrogens (tertiary/aromatic N) is 1. The van der Waals surface area contributed by atoms with E-state index in [2.05, 4.69) is 38.2 Å². The summed E-state index contributed by atoms with van der Waals surface area (Å²) in [4.78, 5) is 35.1. The molecule has 50 heavy (non-hydrogen) atoms. The van der Waals surface area contributed by atoms with E-state index in [4.69, 9.17) is 18.5 Å². The number of ether oxygens (including phenoxy) is 2. The number of unbranched alkanes of at least 4 members (excludes halogenated alkanes) is 12. The Labute approximate surface area is 305 Å². The fraction of sp³-hybridized carbons (Fsp3) is 0.750. The highest BCUT2D eigenvalue weighted by Crippen LogP contribution is 2.43. The van der Waals surface area contributed by atoms with E-state index >= 15 is 0 Å². The molecule has 0 aromatic heterocycles. The molecule has 0 aliphatic rings. The van der Waals surface area contributed by atoms with Crippen molar-refractivity contribution < 1.29 is 42.1 Å². The molecule has 290 valence electrons. The number of quaternary nitrogens is 1. The van der Waals surface area contributed by atoms with Gasteiger partial charge in [0.25, 0.3) is 0 Å². The van der Waals surface area contributed by atoms with Gasteiger partial charge >= 0.3 is 19.8 Å². The van der Waals surface area contributed by atoms with Gasteiger partial charge in [-0.1, -0.05) is 127 Å². The summed E-state index contributed by atoms with van der Waals surface area (Å²) in [5, 5.41) is 0. The van der Waals surface area contributed by atoms with Gasteiger partial charge < -0.3 is 18.9 Å². The van der Waals surface area contributed by atoms with Crippen molar-refractivity contribution in [3.05, 3.63) is 48.6 Å². The van der Waals surface area contributed by atoms with Crippen molar-refractivity contribution in [2.24, 2.45) is 0 Å². The first kappa shape index (κ1) is 48.0.